The van der Waals surface area contributed by atoms with Gasteiger partial charge in [-0.2, -0.15) is 0 Å². The maximum Gasteiger partial charge on any atom is 0.240 e. The van der Waals surface area contributed by atoms with E-state index in [0.29, 0.717) is 5.88 Å². The van der Waals surface area contributed by atoms with Crippen LogP contribution in [0.25, 0.3) is 11.3 Å². The Hall–Kier alpha value is -3.66. The van der Waals surface area contributed by atoms with E-state index >= 15 is 0 Å². The van der Waals surface area contributed by atoms with E-state index in [1.807, 2.05) is 12.1 Å². The fourth-order valence-corrected chi connectivity index (χ4v) is 3.31. The minimum absolute atomic E-state index is 0.529. The van der Waals surface area contributed by atoms with Crippen LogP contribution in [0.1, 0.15) is 5.56 Å². The largest absolute Gasteiger partial charge is 0.479 e. The van der Waals surface area contributed by atoms with Crippen molar-refractivity contribution in [1.82, 2.24) is 9.97 Å². The summed E-state index contributed by atoms with van der Waals surface area (Å²) < 4.78 is 5.39. The lowest BCUT2D eigenvalue weighted by molar-refractivity contribution is 0.397. The summed E-state index contributed by atoms with van der Waals surface area (Å²) in [6.07, 6.45) is 3.32. The van der Waals surface area contributed by atoms with Crippen molar-refractivity contribution in [1.29, 1.82) is 0 Å². The van der Waals surface area contributed by atoms with Crippen LogP contribution < -0.4 is 9.64 Å². The van der Waals surface area contributed by atoms with Crippen LogP contribution in [-0.4, -0.2) is 17.1 Å². The molecule has 0 unspecified atom stereocenters. The molecule has 0 radical (unpaired) electrons. The van der Waals surface area contributed by atoms with Gasteiger partial charge in [0.05, 0.1) is 7.11 Å². The average Bonchev–Trinajstić information content (AvgIpc) is 2.76. The molecule has 0 amide bonds. The molecule has 0 atom stereocenters. The van der Waals surface area contributed by atoms with Gasteiger partial charge in [-0.3, -0.25) is 0 Å². The SMILES string of the molecule is COc1nccnc1-c1ccc(N(c2ccccc2)c2ccccc2)cc1C. The molecule has 28 heavy (non-hydrogen) atoms. The molecule has 138 valence electrons. The molecule has 0 aliphatic rings. The third-order valence-corrected chi connectivity index (χ3v) is 4.61. The molecule has 1 heterocycles. The second-order valence-corrected chi connectivity index (χ2v) is 6.42. The van der Waals surface area contributed by atoms with E-state index in [0.717, 1.165) is 33.9 Å². The summed E-state index contributed by atoms with van der Waals surface area (Å²) in [7, 11) is 1.61. The molecule has 1 aromatic heterocycles. The molecule has 0 saturated heterocycles. The van der Waals surface area contributed by atoms with Gasteiger partial charge in [0, 0.05) is 35.0 Å². The number of ether oxygens (including phenoxy) is 1. The maximum atomic E-state index is 5.39. The maximum absolute atomic E-state index is 5.39. The molecule has 3 aromatic carbocycles. The quantitative estimate of drug-likeness (QED) is 0.438. The first kappa shape index (κ1) is 17.7. The first-order chi connectivity index (χ1) is 13.8. The molecule has 0 spiro atoms. The zero-order chi connectivity index (χ0) is 19.3. The monoisotopic (exact) mass is 367 g/mol. The number of benzene rings is 3. The second-order valence-electron chi connectivity index (χ2n) is 6.42. The van der Waals surface area contributed by atoms with Gasteiger partial charge < -0.3 is 9.64 Å². The lowest BCUT2D eigenvalue weighted by Crippen LogP contribution is -2.10. The number of rotatable bonds is 5. The van der Waals surface area contributed by atoms with Crippen molar-refractivity contribution >= 4 is 17.1 Å². The predicted octanol–water partition coefficient (Wildman–Crippen LogP) is 5.93. The van der Waals surface area contributed by atoms with E-state index in [2.05, 4.69) is 88.5 Å². The molecule has 0 N–H and O–H groups in total. The molecule has 4 nitrogen and oxygen atoms in total. The Bertz CT molecular complexity index is 1030. The number of methoxy groups -OCH3 is 1. The van der Waals surface area contributed by atoms with Crippen LogP contribution >= 0.6 is 0 Å². The van der Waals surface area contributed by atoms with E-state index in [4.69, 9.17) is 4.74 Å². The Labute approximate surface area is 165 Å². The van der Waals surface area contributed by atoms with Crippen LogP contribution in [0, 0.1) is 6.92 Å². The van der Waals surface area contributed by atoms with Crippen LogP contribution in [0.15, 0.2) is 91.3 Å². The average molecular weight is 367 g/mol. The minimum Gasteiger partial charge on any atom is -0.479 e. The number of aromatic nitrogens is 2. The summed E-state index contributed by atoms with van der Waals surface area (Å²) in [4.78, 5) is 11.0. The van der Waals surface area contributed by atoms with Gasteiger partial charge in [0.25, 0.3) is 0 Å². The number of hydrogen-bond donors (Lipinski definition) is 0. The molecular weight excluding hydrogens is 346 g/mol. The molecule has 0 bridgehead atoms. The van der Waals surface area contributed by atoms with E-state index in [9.17, 15) is 0 Å². The third-order valence-electron chi connectivity index (χ3n) is 4.61. The topological polar surface area (TPSA) is 38.3 Å². The fraction of sp³-hybridized carbons (Fsp3) is 0.0833. The number of aryl methyl sites for hydroxylation is 1. The second kappa shape index (κ2) is 7.92. The van der Waals surface area contributed by atoms with Crippen LogP contribution in [0.4, 0.5) is 17.1 Å². The summed E-state index contributed by atoms with van der Waals surface area (Å²) in [6, 6.07) is 27.1. The lowest BCUT2D eigenvalue weighted by atomic mass is 10.0. The van der Waals surface area contributed by atoms with Crippen LogP contribution in [0.3, 0.4) is 0 Å². The van der Waals surface area contributed by atoms with Crippen molar-refractivity contribution in [2.24, 2.45) is 0 Å². The first-order valence-electron chi connectivity index (χ1n) is 9.14. The Morgan fingerprint density at radius 2 is 1.32 bits per heavy atom. The highest BCUT2D eigenvalue weighted by Gasteiger charge is 2.15. The standard InChI is InChI=1S/C24H21N3O/c1-18-17-21(13-14-22(18)23-24(28-2)26-16-15-25-23)27(19-9-5-3-6-10-19)20-11-7-4-8-12-20/h3-17H,1-2H3. The highest BCUT2D eigenvalue weighted by Crippen LogP contribution is 2.37. The zero-order valence-corrected chi connectivity index (χ0v) is 15.9. The zero-order valence-electron chi connectivity index (χ0n) is 15.9. The van der Waals surface area contributed by atoms with Crippen molar-refractivity contribution in [2.45, 2.75) is 6.92 Å². The van der Waals surface area contributed by atoms with Crippen molar-refractivity contribution in [3.8, 4) is 17.1 Å². The van der Waals surface area contributed by atoms with E-state index in [1.54, 1.807) is 19.5 Å². The van der Waals surface area contributed by atoms with Gasteiger partial charge in [-0.1, -0.05) is 42.5 Å². The van der Waals surface area contributed by atoms with Gasteiger partial charge in [-0.25, -0.2) is 9.97 Å². The molecule has 0 fully saturated rings. The van der Waals surface area contributed by atoms with Crippen molar-refractivity contribution in [2.75, 3.05) is 12.0 Å². The molecule has 0 aliphatic carbocycles. The van der Waals surface area contributed by atoms with E-state index in [1.165, 1.54) is 0 Å². The highest BCUT2D eigenvalue weighted by atomic mass is 16.5. The summed E-state index contributed by atoms with van der Waals surface area (Å²) >= 11 is 0. The normalized spacial score (nSPS) is 10.5. The Morgan fingerprint density at radius 3 is 1.89 bits per heavy atom. The summed E-state index contributed by atoms with van der Waals surface area (Å²) in [5, 5.41) is 0. The number of hydrogen-bond acceptors (Lipinski definition) is 4. The van der Waals surface area contributed by atoms with Gasteiger partial charge in [0.1, 0.15) is 5.69 Å². The van der Waals surface area contributed by atoms with Crippen LogP contribution in [0.2, 0.25) is 0 Å². The van der Waals surface area contributed by atoms with Gasteiger partial charge >= 0.3 is 0 Å². The molecule has 4 aromatic rings. The van der Waals surface area contributed by atoms with Crippen LogP contribution in [0.5, 0.6) is 5.88 Å². The molecule has 0 aliphatic heterocycles. The van der Waals surface area contributed by atoms with Crippen LogP contribution in [-0.2, 0) is 0 Å². The van der Waals surface area contributed by atoms with Gasteiger partial charge in [0.15, 0.2) is 0 Å². The van der Waals surface area contributed by atoms with Gasteiger partial charge in [0.2, 0.25) is 5.88 Å². The Morgan fingerprint density at radius 1 is 0.714 bits per heavy atom. The first-order valence-corrected chi connectivity index (χ1v) is 9.14. The molecule has 4 heteroatoms. The smallest absolute Gasteiger partial charge is 0.240 e. The summed E-state index contributed by atoms with van der Waals surface area (Å²) in [6.45, 7) is 2.08. The van der Waals surface area contributed by atoms with Crippen molar-refractivity contribution in [3.63, 3.8) is 0 Å². The molecule has 4 rings (SSSR count). The summed E-state index contributed by atoms with van der Waals surface area (Å²) in [5.41, 5.74) is 6.17. The molecule has 0 saturated carbocycles. The minimum atomic E-state index is 0.529. The number of nitrogens with zero attached hydrogens (tertiary/aromatic N) is 3. The van der Waals surface area contributed by atoms with Gasteiger partial charge in [-0.05, 0) is 48.9 Å². The van der Waals surface area contributed by atoms with Crippen molar-refractivity contribution in [3.05, 3.63) is 96.8 Å². The highest BCUT2D eigenvalue weighted by molar-refractivity contribution is 5.79. The summed E-state index contributed by atoms with van der Waals surface area (Å²) in [5.74, 6) is 0.529. The Balaban J connectivity index is 1.82. The number of para-hydroxylation sites is 2. The number of anilines is 3. The lowest BCUT2D eigenvalue weighted by Gasteiger charge is -2.26. The van der Waals surface area contributed by atoms with E-state index in [-0.39, 0.29) is 0 Å². The fourth-order valence-electron chi connectivity index (χ4n) is 3.31. The van der Waals surface area contributed by atoms with Gasteiger partial charge in [-0.15, -0.1) is 0 Å². The Kier molecular flexibility index (Phi) is 5.02. The predicted molar refractivity (Wildman–Crippen MR) is 113 cm³/mol. The van der Waals surface area contributed by atoms with Crippen molar-refractivity contribution < 1.29 is 4.74 Å². The third kappa shape index (κ3) is 3.45. The molecular formula is C24H21N3O. The van der Waals surface area contributed by atoms with E-state index < -0.39 is 0 Å².